The molecule has 1 heterocycles. The Morgan fingerprint density at radius 3 is 2.74 bits per heavy atom. The lowest BCUT2D eigenvalue weighted by Gasteiger charge is -2.09. The van der Waals surface area contributed by atoms with E-state index in [1.807, 2.05) is 0 Å². The van der Waals surface area contributed by atoms with E-state index in [1.165, 1.54) is 6.07 Å². The van der Waals surface area contributed by atoms with Crippen LogP contribution in [0, 0.1) is 0 Å². The molecule has 0 saturated heterocycles. The molecule has 0 aliphatic carbocycles. The molecule has 0 spiro atoms. The molecule has 0 radical (unpaired) electrons. The van der Waals surface area contributed by atoms with E-state index in [0.717, 1.165) is 6.20 Å². The topological polar surface area (TPSA) is 134 Å². The molecule has 5 N–H and O–H groups in total. The van der Waals surface area contributed by atoms with E-state index in [9.17, 15) is 13.2 Å². The van der Waals surface area contributed by atoms with E-state index in [0.29, 0.717) is 6.54 Å². The molecule has 0 atom stereocenters. The summed E-state index contributed by atoms with van der Waals surface area (Å²) in [4.78, 5) is 14.5. The molecular weight excluding hydrogens is 272 g/mol. The maximum Gasteiger partial charge on any atom is 0.337 e. The number of carboxylic acids is 1. The van der Waals surface area contributed by atoms with Gasteiger partial charge in [-0.25, -0.2) is 22.9 Å². The third kappa shape index (κ3) is 4.72. The summed E-state index contributed by atoms with van der Waals surface area (Å²) in [6.45, 7) is 2.14. The van der Waals surface area contributed by atoms with Gasteiger partial charge in [-0.1, -0.05) is 6.92 Å². The number of hydrogen-bond donors (Lipinski definition) is 4. The van der Waals surface area contributed by atoms with Crippen LogP contribution < -0.4 is 15.8 Å². The highest BCUT2D eigenvalue weighted by atomic mass is 32.2. The van der Waals surface area contributed by atoms with Crippen molar-refractivity contribution >= 4 is 27.5 Å². The Balaban J connectivity index is 2.62. The van der Waals surface area contributed by atoms with Crippen LogP contribution in [0.5, 0.6) is 0 Å². The van der Waals surface area contributed by atoms with Gasteiger partial charge < -0.3 is 16.2 Å². The number of carboxylic acid groups (broad SMARTS) is 1. The fourth-order valence-corrected chi connectivity index (χ4v) is 2.30. The average Bonchev–Trinajstić information content (AvgIpc) is 2.30. The van der Waals surface area contributed by atoms with Crippen molar-refractivity contribution in [1.82, 2.24) is 9.71 Å². The van der Waals surface area contributed by atoms with Gasteiger partial charge in [-0.2, -0.15) is 0 Å². The number of carbonyl (C=O) groups is 1. The molecule has 8 nitrogen and oxygen atoms in total. The van der Waals surface area contributed by atoms with Gasteiger partial charge in [0.25, 0.3) is 0 Å². The zero-order valence-electron chi connectivity index (χ0n) is 10.4. The second kappa shape index (κ2) is 6.34. The Labute approximate surface area is 111 Å². The zero-order chi connectivity index (χ0) is 14.5. The summed E-state index contributed by atoms with van der Waals surface area (Å²) in [5.74, 6) is -0.986. The minimum absolute atomic E-state index is 0.0247. The number of pyridine rings is 1. The van der Waals surface area contributed by atoms with E-state index in [1.54, 1.807) is 6.92 Å². The van der Waals surface area contributed by atoms with Gasteiger partial charge in [-0.15, -0.1) is 0 Å². The standard InChI is InChI=1S/C10H16N4O4S/c1-2-14-19(17,18)4-3-12-9-8(11)5-7(6-13-9)10(15)16/h5-6,14H,2-4,11H2,1H3,(H,12,13)(H,15,16). The maximum absolute atomic E-state index is 11.4. The van der Waals surface area contributed by atoms with E-state index in [2.05, 4.69) is 15.0 Å². The van der Waals surface area contributed by atoms with Crippen molar-refractivity contribution in [1.29, 1.82) is 0 Å². The highest BCUT2D eigenvalue weighted by Crippen LogP contribution is 2.15. The van der Waals surface area contributed by atoms with Crippen molar-refractivity contribution < 1.29 is 18.3 Å². The lowest BCUT2D eigenvalue weighted by molar-refractivity contribution is 0.0696. The molecular formula is C10H16N4O4S. The summed E-state index contributed by atoms with van der Waals surface area (Å²) in [7, 11) is -3.31. The summed E-state index contributed by atoms with van der Waals surface area (Å²) >= 11 is 0. The Morgan fingerprint density at radius 1 is 1.53 bits per heavy atom. The third-order valence-electron chi connectivity index (χ3n) is 2.19. The SMILES string of the molecule is CCNS(=O)(=O)CCNc1ncc(C(=O)O)cc1N. The van der Waals surface area contributed by atoms with Crippen molar-refractivity contribution in [2.24, 2.45) is 0 Å². The molecule has 0 unspecified atom stereocenters. The minimum atomic E-state index is -3.31. The highest BCUT2D eigenvalue weighted by molar-refractivity contribution is 7.89. The number of nitrogens with one attached hydrogen (secondary N) is 2. The summed E-state index contributed by atoms with van der Waals surface area (Å²) in [5, 5.41) is 11.5. The van der Waals surface area contributed by atoms with Crippen LogP contribution in [0.15, 0.2) is 12.3 Å². The molecule has 19 heavy (non-hydrogen) atoms. The monoisotopic (exact) mass is 288 g/mol. The highest BCUT2D eigenvalue weighted by Gasteiger charge is 2.10. The summed E-state index contributed by atoms with van der Waals surface area (Å²) in [5.41, 5.74) is 5.74. The van der Waals surface area contributed by atoms with Gasteiger partial charge in [0, 0.05) is 19.3 Å². The number of anilines is 2. The summed E-state index contributed by atoms with van der Waals surface area (Å²) in [6.07, 6.45) is 1.15. The Morgan fingerprint density at radius 2 is 2.21 bits per heavy atom. The number of nitrogens with two attached hydrogens (primary N) is 1. The second-order valence-electron chi connectivity index (χ2n) is 3.71. The molecule has 1 aromatic heterocycles. The van der Waals surface area contributed by atoms with Crippen LogP contribution >= 0.6 is 0 Å². The van der Waals surface area contributed by atoms with Gasteiger partial charge >= 0.3 is 5.97 Å². The molecule has 106 valence electrons. The molecule has 0 saturated carbocycles. The molecule has 0 bridgehead atoms. The van der Waals surface area contributed by atoms with Crippen LogP contribution in [-0.2, 0) is 10.0 Å². The second-order valence-corrected chi connectivity index (χ2v) is 5.64. The van der Waals surface area contributed by atoms with Crippen molar-refractivity contribution in [3.8, 4) is 0 Å². The van der Waals surface area contributed by atoms with Gasteiger partial charge in [0.05, 0.1) is 17.0 Å². The summed E-state index contributed by atoms with van der Waals surface area (Å²) < 4.78 is 25.1. The average molecular weight is 288 g/mol. The summed E-state index contributed by atoms with van der Waals surface area (Å²) in [6, 6.07) is 1.26. The first-order valence-electron chi connectivity index (χ1n) is 5.55. The van der Waals surface area contributed by atoms with E-state index in [-0.39, 0.29) is 29.4 Å². The fourth-order valence-electron chi connectivity index (χ4n) is 1.34. The van der Waals surface area contributed by atoms with Crippen molar-refractivity contribution in [3.05, 3.63) is 17.8 Å². The largest absolute Gasteiger partial charge is 0.478 e. The number of aromatic nitrogens is 1. The van der Waals surface area contributed by atoms with Crippen LogP contribution in [0.2, 0.25) is 0 Å². The lowest BCUT2D eigenvalue weighted by Crippen LogP contribution is -2.29. The number of nitrogens with zero attached hydrogens (tertiary/aromatic N) is 1. The fraction of sp³-hybridized carbons (Fsp3) is 0.400. The predicted octanol–water partition coefficient (Wildman–Crippen LogP) is -0.287. The first-order chi connectivity index (χ1) is 8.85. The van der Waals surface area contributed by atoms with Crippen molar-refractivity contribution in [2.45, 2.75) is 6.92 Å². The van der Waals surface area contributed by atoms with Crippen LogP contribution in [-0.4, -0.2) is 43.3 Å². The number of aromatic carboxylic acids is 1. The molecule has 0 aliphatic rings. The van der Waals surface area contributed by atoms with Crippen LogP contribution in [0.1, 0.15) is 17.3 Å². The molecule has 0 fully saturated rings. The first kappa shape index (κ1) is 15.2. The molecule has 1 aromatic rings. The minimum Gasteiger partial charge on any atom is -0.478 e. The predicted molar refractivity (Wildman–Crippen MR) is 71.6 cm³/mol. The van der Waals surface area contributed by atoms with Crippen LogP contribution in [0.25, 0.3) is 0 Å². The number of nitrogen functional groups attached to an aromatic ring is 1. The molecule has 0 aliphatic heterocycles. The van der Waals surface area contributed by atoms with Crippen molar-refractivity contribution in [3.63, 3.8) is 0 Å². The number of sulfonamides is 1. The first-order valence-corrected chi connectivity index (χ1v) is 7.21. The van der Waals surface area contributed by atoms with E-state index in [4.69, 9.17) is 10.8 Å². The van der Waals surface area contributed by atoms with Crippen LogP contribution in [0.3, 0.4) is 0 Å². The zero-order valence-corrected chi connectivity index (χ0v) is 11.2. The van der Waals surface area contributed by atoms with Crippen molar-refractivity contribution in [2.75, 3.05) is 29.9 Å². The quantitative estimate of drug-likeness (QED) is 0.541. The van der Waals surface area contributed by atoms with Gasteiger partial charge in [0.1, 0.15) is 5.82 Å². The van der Waals surface area contributed by atoms with E-state index >= 15 is 0 Å². The van der Waals surface area contributed by atoms with Gasteiger partial charge in [-0.3, -0.25) is 0 Å². The molecule has 0 amide bonds. The molecule has 1 rings (SSSR count). The van der Waals surface area contributed by atoms with Crippen LogP contribution in [0.4, 0.5) is 11.5 Å². The molecule has 9 heteroatoms. The number of hydrogen-bond acceptors (Lipinski definition) is 6. The molecule has 0 aromatic carbocycles. The Bertz CT molecular complexity index is 559. The maximum atomic E-state index is 11.4. The Hall–Kier alpha value is -1.87. The van der Waals surface area contributed by atoms with Gasteiger partial charge in [-0.05, 0) is 6.07 Å². The number of rotatable bonds is 7. The van der Waals surface area contributed by atoms with Gasteiger partial charge in [0.15, 0.2) is 0 Å². The third-order valence-corrected chi connectivity index (χ3v) is 3.66. The lowest BCUT2D eigenvalue weighted by atomic mass is 10.2. The van der Waals surface area contributed by atoms with Gasteiger partial charge in [0.2, 0.25) is 10.0 Å². The normalized spacial score (nSPS) is 11.2. The smallest absolute Gasteiger partial charge is 0.337 e. The Kier molecular flexibility index (Phi) is 5.07. The van der Waals surface area contributed by atoms with E-state index < -0.39 is 16.0 Å².